The normalized spacial score (nSPS) is 11.4. The Balaban J connectivity index is 2.39. The fourth-order valence-electron chi connectivity index (χ4n) is 1.85. The second kappa shape index (κ2) is 6.25. The lowest BCUT2D eigenvalue weighted by molar-refractivity contribution is 0.601. The van der Waals surface area contributed by atoms with Crippen LogP contribution < -0.4 is 10.5 Å². The lowest BCUT2D eigenvalue weighted by atomic mass is 10.1. The zero-order valence-electron chi connectivity index (χ0n) is 11.2. The Hall–Kier alpha value is -1.24. The molecule has 0 fully saturated rings. The second-order valence-corrected chi connectivity index (χ2v) is 7.30. The first-order valence-electron chi connectivity index (χ1n) is 6.20. The Morgan fingerprint density at radius 2 is 2.00 bits per heavy atom. The summed E-state index contributed by atoms with van der Waals surface area (Å²) in [6.07, 6.45) is 0.749. The van der Waals surface area contributed by atoms with E-state index in [1.165, 1.54) is 12.1 Å². The first kappa shape index (κ1) is 16.1. The first-order chi connectivity index (χ1) is 9.85. The van der Waals surface area contributed by atoms with Crippen molar-refractivity contribution in [1.29, 1.82) is 0 Å². The fraction of sp³-hybridized carbons (Fsp3) is 0.143. The zero-order valence-corrected chi connectivity index (χ0v) is 14.4. The molecule has 2 aromatic rings. The summed E-state index contributed by atoms with van der Waals surface area (Å²) in [5.41, 5.74) is 7.61. The van der Waals surface area contributed by atoms with Crippen molar-refractivity contribution in [2.75, 3.05) is 10.5 Å². The molecule has 0 radical (unpaired) electrons. The maximum atomic E-state index is 12.4. The van der Waals surface area contributed by atoms with E-state index in [1.54, 1.807) is 24.3 Å². The van der Waals surface area contributed by atoms with Crippen LogP contribution in [0.15, 0.2) is 45.8 Å². The standard InChI is InChI=1S/C14H14BrClN2O2S/c1-2-9-6-7-10(8-12(9)17)21(19,20)18-13-5-3-4-11(16)14(13)15/h3-8,18H,2,17H2,1H3. The van der Waals surface area contributed by atoms with Gasteiger partial charge >= 0.3 is 0 Å². The predicted octanol–water partition coefficient (Wildman–Crippen LogP) is 4.05. The molecule has 3 N–H and O–H groups in total. The fourth-order valence-corrected chi connectivity index (χ4v) is 3.62. The Labute approximate surface area is 137 Å². The topological polar surface area (TPSA) is 72.2 Å². The smallest absolute Gasteiger partial charge is 0.262 e. The third kappa shape index (κ3) is 3.51. The van der Waals surface area contributed by atoms with Crippen LogP contribution in [0.2, 0.25) is 5.02 Å². The average molecular weight is 390 g/mol. The van der Waals surface area contributed by atoms with Crippen LogP contribution in [0, 0.1) is 0 Å². The van der Waals surface area contributed by atoms with Crippen LogP contribution in [0.1, 0.15) is 12.5 Å². The molecule has 7 heteroatoms. The van der Waals surface area contributed by atoms with E-state index in [1.807, 2.05) is 6.92 Å². The molecule has 0 unspecified atom stereocenters. The number of halogens is 2. The number of sulfonamides is 1. The predicted molar refractivity (Wildman–Crippen MR) is 90.2 cm³/mol. The molecule has 0 aliphatic rings. The number of hydrogen-bond acceptors (Lipinski definition) is 3. The van der Waals surface area contributed by atoms with Gasteiger partial charge in [0, 0.05) is 5.69 Å². The van der Waals surface area contributed by atoms with E-state index in [9.17, 15) is 8.42 Å². The number of nitrogens with one attached hydrogen (secondary N) is 1. The largest absolute Gasteiger partial charge is 0.398 e. The molecule has 0 amide bonds. The van der Waals surface area contributed by atoms with Crippen molar-refractivity contribution in [3.8, 4) is 0 Å². The molecule has 0 saturated heterocycles. The molecule has 0 aromatic heterocycles. The van der Waals surface area contributed by atoms with Gasteiger partial charge in [0.15, 0.2) is 0 Å². The number of aryl methyl sites for hydroxylation is 1. The number of rotatable bonds is 4. The summed E-state index contributed by atoms with van der Waals surface area (Å²) in [5.74, 6) is 0. The van der Waals surface area contributed by atoms with Crippen LogP contribution in [-0.2, 0) is 16.4 Å². The lowest BCUT2D eigenvalue weighted by Crippen LogP contribution is -2.14. The van der Waals surface area contributed by atoms with Gasteiger partial charge in [-0.1, -0.05) is 30.7 Å². The molecule has 0 heterocycles. The number of anilines is 2. The van der Waals surface area contributed by atoms with Crippen molar-refractivity contribution in [2.45, 2.75) is 18.2 Å². The summed E-state index contributed by atoms with van der Waals surface area (Å²) in [7, 11) is -3.72. The maximum Gasteiger partial charge on any atom is 0.262 e. The van der Waals surface area contributed by atoms with Gasteiger partial charge in [-0.2, -0.15) is 0 Å². The molecule has 2 rings (SSSR count). The second-order valence-electron chi connectivity index (χ2n) is 4.42. The van der Waals surface area contributed by atoms with Crippen LogP contribution >= 0.6 is 27.5 Å². The number of nitrogens with two attached hydrogens (primary N) is 1. The molecule has 4 nitrogen and oxygen atoms in total. The van der Waals surface area contributed by atoms with Crippen molar-refractivity contribution in [3.63, 3.8) is 0 Å². The third-order valence-corrected chi connectivity index (χ3v) is 5.77. The molecular formula is C14H14BrClN2O2S. The van der Waals surface area contributed by atoms with Gasteiger partial charge in [0.2, 0.25) is 0 Å². The zero-order chi connectivity index (χ0) is 15.6. The van der Waals surface area contributed by atoms with E-state index < -0.39 is 10.0 Å². The quantitative estimate of drug-likeness (QED) is 0.775. The Kier molecular flexibility index (Phi) is 4.81. The molecule has 21 heavy (non-hydrogen) atoms. The summed E-state index contributed by atoms with van der Waals surface area (Å²) in [6.45, 7) is 1.96. The van der Waals surface area contributed by atoms with Gasteiger partial charge in [0.1, 0.15) is 0 Å². The van der Waals surface area contributed by atoms with Gasteiger partial charge < -0.3 is 5.73 Å². The molecule has 0 aliphatic heterocycles. The molecule has 112 valence electrons. The molecule has 0 saturated carbocycles. The highest BCUT2D eigenvalue weighted by atomic mass is 79.9. The van der Waals surface area contributed by atoms with Crippen molar-refractivity contribution >= 4 is 48.9 Å². The number of benzene rings is 2. The van der Waals surface area contributed by atoms with E-state index in [0.717, 1.165) is 12.0 Å². The molecule has 0 bridgehead atoms. The van der Waals surface area contributed by atoms with E-state index in [2.05, 4.69) is 20.7 Å². The van der Waals surface area contributed by atoms with E-state index >= 15 is 0 Å². The minimum atomic E-state index is -3.72. The monoisotopic (exact) mass is 388 g/mol. The third-order valence-electron chi connectivity index (χ3n) is 3.00. The Morgan fingerprint density at radius 3 is 2.62 bits per heavy atom. The minimum Gasteiger partial charge on any atom is -0.398 e. The van der Waals surface area contributed by atoms with Crippen molar-refractivity contribution in [3.05, 3.63) is 51.5 Å². The van der Waals surface area contributed by atoms with Crippen molar-refractivity contribution < 1.29 is 8.42 Å². The summed E-state index contributed by atoms with van der Waals surface area (Å²) in [4.78, 5) is 0.115. The van der Waals surface area contributed by atoms with Gasteiger partial charge in [-0.15, -0.1) is 0 Å². The average Bonchev–Trinajstić information content (AvgIpc) is 2.43. The van der Waals surface area contributed by atoms with Gasteiger partial charge in [0.05, 0.1) is 20.1 Å². The van der Waals surface area contributed by atoms with E-state index in [0.29, 0.717) is 20.9 Å². The highest BCUT2D eigenvalue weighted by Gasteiger charge is 2.17. The minimum absolute atomic E-state index is 0.115. The summed E-state index contributed by atoms with van der Waals surface area (Å²) < 4.78 is 27.8. The summed E-state index contributed by atoms with van der Waals surface area (Å²) in [6, 6.07) is 9.67. The number of hydrogen-bond donors (Lipinski definition) is 2. The molecular weight excluding hydrogens is 376 g/mol. The summed E-state index contributed by atoms with van der Waals surface area (Å²) in [5, 5.41) is 0.427. The number of nitrogen functional groups attached to an aromatic ring is 1. The van der Waals surface area contributed by atoms with Gasteiger partial charge in [-0.3, -0.25) is 4.72 Å². The SMILES string of the molecule is CCc1ccc(S(=O)(=O)Nc2cccc(Cl)c2Br)cc1N. The molecule has 0 aliphatic carbocycles. The molecule has 0 atom stereocenters. The highest BCUT2D eigenvalue weighted by molar-refractivity contribution is 9.10. The molecule has 0 spiro atoms. The maximum absolute atomic E-state index is 12.4. The van der Waals surface area contributed by atoms with Crippen molar-refractivity contribution in [1.82, 2.24) is 0 Å². The Bertz CT molecular complexity index is 779. The first-order valence-corrected chi connectivity index (χ1v) is 8.86. The molecule has 2 aromatic carbocycles. The van der Waals surface area contributed by atoms with E-state index in [4.69, 9.17) is 17.3 Å². The van der Waals surface area contributed by atoms with Gasteiger partial charge in [-0.05, 0) is 52.2 Å². The van der Waals surface area contributed by atoms with Crippen LogP contribution in [0.5, 0.6) is 0 Å². The van der Waals surface area contributed by atoms with Gasteiger partial charge in [-0.25, -0.2) is 8.42 Å². The Morgan fingerprint density at radius 1 is 1.29 bits per heavy atom. The lowest BCUT2D eigenvalue weighted by Gasteiger charge is -2.12. The summed E-state index contributed by atoms with van der Waals surface area (Å²) >= 11 is 9.21. The van der Waals surface area contributed by atoms with Crippen LogP contribution in [0.3, 0.4) is 0 Å². The van der Waals surface area contributed by atoms with Gasteiger partial charge in [0.25, 0.3) is 10.0 Å². The van der Waals surface area contributed by atoms with Crippen molar-refractivity contribution in [2.24, 2.45) is 0 Å². The van der Waals surface area contributed by atoms with Crippen LogP contribution in [0.25, 0.3) is 0 Å². The van der Waals surface area contributed by atoms with Crippen LogP contribution in [-0.4, -0.2) is 8.42 Å². The van der Waals surface area contributed by atoms with Crippen LogP contribution in [0.4, 0.5) is 11.4 Å². The highest BCUT2D eigenvalue weighted by Crippen LogP contribution is 2.31. The van der Waals surface area contributed by atoms with E-state index in [-0.39, 0.29) is 4.90 Å².